The van der Waals surface area contributed by atoms with Crippen molar-refractivity contribution in [1.82, 2.24) is 15.2 Å². The molecule has 0 fully saturated rings. The lowest BCUT2D eigenvalue weighted by Crippen LogP contribution is -2.13. The third kappa shape index (κ3) is 6.48. The van der Waals surface area contributed by atoms with Crippen LogP contribution in [0, 0.1) is 12.7 Å². The fourth-order valence-corrected chi connectivity index (χ4v) is 2.68. The van der Waals surface area contributed by atoms with E-state index in [0.29, 0.717) is 11.4 Å². The number of phenols is 1. The van der Waals surface area contributed by atoms with Crippen LogP contribution in [0.3, 0.4) is 0 Å². The Hall–Kier alpha value is -3.54. The van der Waals surface area contributed by atoms with Crippen LogP contribution in [-0.4, -0.2) is 39.5 Å². The molecule has 5 N–H and O–H groups in total. The molecule has 0 bridgehead atoms. The highest BCUT2D eigenvalue weighted by Crippen LogP contribution is 2.32. The van der Waals surface area contributed by atoms with Crippen molar-refractivity contribution in [1.29, 1.82) is 0 Å². The molecule has 2 heterocycles. The van der Waals surface area contributed by atoms with Crippen LogP contribution in [0.1, 0.15) is 29.4 Å². The quantitative estimate of drug-likeness (QED) is 0.379. The number of nitrogens with zero attached hydrogens (tertiary/aromatic N) is 2. The van der Waals surface area contributed by atoms with Gasteiger partial charge in [0.25, 0.3) is 5.91 Å². The summed E-state index contributed by atoms with van der Waals surface area (Å²) in [6, 6.07) is 5.02. The first kappa shape index (κ1) is 25.7. The Kier molecular flexibility index (Phi) is 8.09. The number of aromatic hydroxyl groups is 1. The van der Waals surface area contributed by atoms with Crippen molar-refractivity contribution in [2.24, 2.45) is 0 Å². The van der Waals surface area contributed by atoms with E-state index in [-0.39, 0.29) is 33.5 Å². The second-order valence-corrected chi connectivity index (χ2v) is 6.93. The number of nitrogens with two attached hydrogens (primary N) is 1. The number of hydrogen-bond acceptors (Lipinski definition) is 6. The topological polar surface area (TPSA) is 126 Å². The maximum atomic E-state index is 14.6. The number of methoxy groups -OCH3 is 1. The molecular formula is C20H20ClF4N5O3. The summed E-state index contributed by atoms with van der Waals surface area (Å²) in [6.07, 6.45) is -4.69. The molecule has 3 aromatic rings. The van der Waals surface area contributed by atoms with E-state index in [0.717, 1.165) is 19.1 Å². The van der Waals surface area contributed by atoms with Crippen LogP contribution in [0.25, 0.3) is 11.3 Å². The van der Waals surface area contributed by atoms with E-state index >= 15 is 0 Å². The summed E-state index contributed by atoms with van der Waals surface area (Å²) in [7, 11) is 1.43. The summed E-state index contributed by atoms with van der Waals surface area (Å²) >= 11 is 5.87. The largest absolute Gasteiger partial charge is 0.507 e. The van der Waals surface area contributed by atoms with Gasteiger partial charge in [0, 0.05) is 12.0 Å². The van der Waals surface area contributed by atoms with Crippen molar-refractivity contribution in [3.8, 4) is 22.8 Å². The Morgan fingerprint density at radius 1 is 1.33 bits per heavy atom. The van der Waals surface area contributed by atoms with Gasteiger partial charge in [-0.05, 0) is 31.2 Å². The van der Waals surface area contributed by atoms with Gasteiger partial charge in [-0.1, -0.05) is 18.5 Å². The van der Waals surface area contributed by atoms with Gasteiger partial charge in [0.05, 0.1) is 24.1 Å². The Labute approximate surface area is 190 Å². The number of amides is 1. The molecule has 0 aliphatic carbocycles. The zero-order valence-electron chi connectivity index (χ0n) is 17.6. The highest BCUT2D eigenvalue weighted by Gasteiger charge is 2.22. The fraction of sp³-hybridized carbons (Fsp3) is 0.250. The summed E-state index contributed by atoms with van der Waals surface area (Å²) in [5.74, 6) is -1.53. The number of H-pyrrole nitrogens is 1. The number of hydrogen-bond donors (Lipinski definition) is 4. The molecule has 0 saturated carbocycles. The van der Waals surface area contributed by atoms with Crippen molar-refractivity contribution in [3.63, 3.8) is 0 Å². The first-order valence-corrected chi connectivity index (χ1v) is 9.67. The molecule has 0 saturated heterocycles. The summed E-state index contributed by atoms with van der Waals surface area (Å²) < 4.78 is 51.9. The Morgan fingerprint density at radius 3 is 2.45 bits per heavy atom. The Morgan fingerprint density at radius 2 is 1.97 bits per heavy atom. The standard InChI is InChI=1S/C17H15ClFN5O3.C3H5F3/c1-7-14(15(18)24-23-7)22-17(26)9-5-10(19)8(6-12(9)25)11-3-4-13(27-2)16(20)21-11;1-2-3(4,5)6/h3-6,25H,1-2H3,(H2,20,21)(H,22,26)(H,23,24);2H2,1H3. The third-order valence-electron chi connectivity index (χ3n) is 4.25. The van der Waals surface area contributed by atoms with Crippen molar-refractivity contribution >= 4 is 29.0 Å². The first-order valence-electron chi connectivity index (χ1n) is 9.29. The maximum absolute atomic E-state index is 14.6. The maximum Gasteiger partial charge on any atom is 0.388 e. The number of carbonyl (C=O) groups excluding carboxylic acids is 1. The normalized spacial score (nSPS) is 10.9. The first-order chi connectivity index (χ1) is 15.4. The number of aromatic nitrogens is 3. The average molecular weight is 490 g/mol. The van der Waals surface area contributed by atoms with Gasteiger partial charge in [0.2, 0.25) is 0 Å². The van der Waals surface area contributed by atoms with Crippen LogP contribution in [-0.2, 0) is 0 Å². The number of rotatable bonds is 4. The fourth-order valence-electron chi connectivity index (χ4n) is 2.45. The molecule has 0 aliphatic rings. The molecule has 13 heteroatoms. The molecule has 3 rings (SSSR count). The summed E-state index contributed by atoms with van der Waals surface area (Å²) in [5, 5.41) is 19.1. The zero-order valence-corrected chi connectivity index (χ0v) is 18.4. The van der Waals surface area contributed by atoms with Gasteiger partial charge >= 0.3 is 6.18 Å². The minimum absolute atomic E-state index is 0.0177. The summed E-state index contributed by atoms with van der Waals surface area (Å²) in [5.41, 5.74) is 6.39. The Balaban J connectivity index is 0.000000569. The number of anilines is 2. The summed E-state index contributed by atoms with van der Waals surface area (Å²) in [4.78, 5) is 16.4. The van der Waals surface area contributed by atoms with Gasteiger partial charge in [0.1, 0.15) is 17.3 Å². The number of aryl methyl sites for hydroxylation is 1. The second-order valence-electron chi connectivity index (χ2n) is 6.57. The van der Waals surface area contributed by atoms with E-state index in [9.17, 15) is 27.5 Å². The number of nitrogen functional groups attached to an aromatic ring is 1. The number of benzene rings is 1. The lowest BCUT2D eigenvalue weighted by atomic mass is 10.1. The van der Waals surface area contributed by atoms with Crippen LogP contribution >= 0.6 is 11.6 Å². The Bertz CT molecular complexity index is 1130. The minimum Gasteiger partial charge on any atom is -0.507 e. The molecule has 2 aromatic heterocycles. The van der Waals surface area contributed by atoms with Gasteiger partial charge in [-0.25, -0.2) is 9.37 Å². The SMILES string of the molecule is CCC(F)(F)F.COc1ccc(-c2cc(O)c(C(=O)Nc3c(Cl)n[nH]c3C)cc2F)nc1N. The molecule has 8 nitrogen and oxygen atoms in total. The number of phenolic OH excluding ortho intramolecular Hbond substituents is 1. The van der Waals surface area contributed by atoms with E-state index < -0.39 is 30.1 Å². The number of pyridine rings is 1. The molecule has 0 aliphatic heterocycles. The molecule has 1 amide bonds. The molecule has 178 valence electrons. The number of ether oxygens (including phenoxy) is 1. The number of alkyl halides is 3. The number of nitrogens with one attached hydrogen (secondary N) is 2. The number of carbonyl (C=O) groups is 1. The smallest absolute Gasteiger partial charge is 0.388 e. The van der Waals surface area contributed by atoms with Crippen molar-refractivity contribution in [3.05, 3.63) is 46.5 Å². The van der Waals surface area contributed by atoms with Crippen LogP contribution in [0.5, 0.6) is 11.5 Å². The lowest BCUT2D eigenvalue weighted by Gasteiger charge is -2.11. The highest BCUT2D eigenvalue weighted by atomic mass is 35.5. The number of halogens is 5. The van der Waals surface area contributed by atoms with Gasteiger partial charge in [-0.2, -0.15) is 18.3 Å². The third-order valence-corrected chi connectivity index (χ3v) is 4.53. The number of aromatic amines is 1. The van der Waals surface area contributed by atoms with Gasteiger partial charge in [-0.3, -0.25) is 9.89 Å². The summed E-state index contributed by atoms with van der Waals surface area (Å²) in [6.45, 7) is 2.73. The lowest BCUT2D eigenvalue weighted by molar-refractivity contribution is -0.130. The van der Waals surface area contributed by atoms with E-state index in [1.807, 2.05) is 0 Å². The molecule has 0 radical (unpaired) electrons. The molecule has 0 spiro atoms. The molecule has 33 heavy (non-hydrogen) atoms. The van der Waals surface area contributed by atoms with Crippen molar-refractivity contribution in [2.45, 2.75) is 26.4 Å². The molecular weight excluding hydrogens is 470 g/mol. The predicted octanol–water partition coefficient (Wildman–Crippen LogP) is 5.08. The van der Waals surface area contributed by atoms with Gasteiger partial charge < -0.3 is 20.9 Å². The van der Waals surface area contributed by atoms with Crippen LogP contribution < -0.4 is 15.8 Å². The van der Waals surface area contributed by atoms with Gasteiger partial charge in [0.15, 0.2) is 16.7 Å². The predicted molar refractivity (Wildman–Crippen MR) is 115 cm³/mol. The van der Waals surface area contributed by atoms with Crippen LogP contribution in [0.15, 0.2) is 24.3 Å². The van der Waals surface area contributed by atoms with E-state index in [2.05, 4.69) is 20.5 Å². The van der Waals surface area contributed by atoms with E-state index in [4.69, 9.17) is 22.1 Å². The second kappa shape index (κ2) is 10.4. The minimum atomic E-state index is -3.96. The molecule has 0 atom stereocenters. The zero-order chi connectivity index (χ0) is 24.9. The highest BCUT2D eigenvalue weighted by molar-refractivity contribution is 6.33. The van der Waals surface area contributed by atoms with E-state index in [1.165, 1.54) is 19.2 Å². The molecule has 1 aromatic carbocycles. The van der Waals surface area contributed by atoms with Gasteiger partial charge in [-0.15, -0.1) is 0 Å². The average Bonchev–Trinajstić information content (AvgIpc) is 3.06. The van der Waals surface area contributed by atoms with Crippen molar-refractivity contribution in [2.75, 3.05) is 18.2 Å². The monoisotopic (exact) mass is 489 g/mol. The van der Waals surface area contributed by atoms with E-state index in [1.54, 1.807) is 6.92 Å². The van der Waals surface area contributed by atoms with Crippen molar-refractivity contribution < 1.29 is 32.2 Å². The van der Waals surface area contributed by atoms with Crippen LogP contribution in [0.2, 0.25) is 5.15 Å². The molecule has 0 unspecified atom stereocenters. The van der Waals surface area contributed by atoms with Crippen LogP contribution in [0.4, 0.5) is 29.1 Å².